The molecule has 0 aliphatic heterocycles. The fraction of sp³-hybridized carbons (Fsp3) is 0.353. The average Bonchev–Trinajstić information content (AvgIpc) is 2.77. The van der Waals surface area contributed by atoms with Crippen LogP contribution in [-0.4, -0.2) is 24.7 Å². The van der Waals surface area contributed by atoms with Crippen LogP contribution in [0.2, 0.25) is 0 Å². The van der Waals surface area contributed by atoms with E-state index in [1.54, 1.807) is 38.3 Å². The molecule has 118 valence electrons. The number of hydrogen-bond donors (Lipinski definition) is 2. The molecule has 2 N–H and O–H groups in total. The van der Waals surface area contributed by atoms with Crippen molar-refractivity contribution in [2.45, 2.75) is 26.9 Å². The number of carbonyl (C=O) groups excluding carboxylic acids is 1. The van der Waals surface area contributed by atoms with E-state index >= 15 is 0 Å². The normalized spacial score (nSPS) is 12.0. The van der Waals surface area contributed by atoms with Gasteiger partial charge in [-0.15, -0.1) is 0 Å². The van der Waals surface area contributed by atoms with Crippen molar-refractivity contribution in [3.05, 3.63) is 52.5 Å². The fourth-order valence-corrected chi connectivity index (χ4v) is 2.37. The van der Waals surface area contributed by atoms with Crippen molar-refractivity contribution < 1.29 is 19.1 Å². The molecule has 1 heterocycles. The van der Waals surface area contributed by atoms with E-state index in [9.17, 15) is 9.90 Å². The number of methoxy groups -OCH3 is 1. The highest BCUT2D eigenvalue weighted by Crippen LogP contribution is 2.21. The van der Waals surface area contributed by atoms with Gasteiger partial charge < -0.3 is 19.6 Å². The number of rotatable bonds is 5. The number of ether oxygens (including phenoxy) is 1. The first-order valence-electron chi connectivity index (χ1n) is 7.10. The minimum absolute atomic E-state index is 0.120. The summed E-state index contributed by atoms with van der Waals surface area (Å²) in [7, 11) is 1.57. The summed E-state index contributed by atoms with van der Waals surface area (Å²) in [5.41, 5.74) is 2.05. The highest BCUT2D eigenvalue weighted by atomic mass is 16.5. The average molecular weight is 303 g/mol. The smallest absolute Gasteiger partial charge is 0.255 e. The summed E-state index contributed by atoms with van der Waals surface area (Å²) in [6, 6.07) is 7.13. The number of aliphatic hydroxyl groups excluding tert-OH is 1. The van der Waals surface area contributed by atoms with E-state index in [1.165, 1.54) is 0 Å². The highest BCUT2D eigenvalue weighted by molar-refractivity contribution is 5.96. The number of amides is 1. The zero-order valence-corrected chi connectivity index (χ0v) is 13.3. The van der Waals surface area contributed by atoms with E-state index in [4.69, 9.17) is 9.15 Å². The van der Waals surface area contributed by atoms with Crippen molar-refractivity contribution in [1.82, 2.24) is 5.32 Å². The third-order valence-electron chi connectivity index (χ3n) is 3.72. The number of nitrogens with one attached hydrogen (secondary N) is 1. The van der Waals surface area contributed by atoms with Gasteiger partial charge in [0.15, 0.2) is 0 Å². The third-order valence-corrected chi connectivity index (χ3v) is 3.72. The van der Waals surface area contributed by atoms with E-state index < -0.39 is 6.10 Å². The van der Waals surface area contributed by atoms with Gasteiger partial charge in [0, 0.05) is 12.1 Å². The standard InChI is InChI=1S/C17H21NO4/c1-10-11(2)22-12(3)16(10)17(20)18-9-15(19)13-6-5-7-14(8-13)21-4/h5-8,15,19H,9H2,1-4H3,(H,18,20). The minimum Gasteiger partial charge on any atom is -0.497 e. The van der Waals surface area contributed by atoms with E-state index in [-0.39, 0.29) is 12.5 Å². The molecule has 1 atom stereocenters. The third kappa shape index (κ3) is 3.31. The Morgan fingerprint density at radius 3 is 2.64 bits per heavy atom. The molecule has 1 unspecified atom stereocenters. The van der Waals surface area contributed by atoms with E-state index in [0.717, 1.165) is 11.3 Å². The van der Waals surface area contributed by atoms with Gasteiger partial charge in [0.25, 0.3) is 5.91 Å². The summed E-state index contributed by atoms with van der Waals surface area (Å²) >= 11 is 0. The molecular weight excluding hydrogens is 282 g/mol. The molecule has 0 aliphatic rings. The number of aryl methyl sites for hydroxylation is 2. The van der Waals surface area contributed by atoms with Gasteiger partial charge in [-0.05, 0) is 38.5 Å². The Kier molecular flexibility index (Phi) is 4.88. The maximum Gasteiger partial charge on any atom is 0.255 e. The summed E-state index contributed by atoms with van der Waals surface area (Å²) < 4.78 is 10.6. The predicted octanol–water partition coefficient (Wildman–Crippen LogP) is 2.68. The van der Waals surface area contributed by atoms with Gasteiger partial charge in [-0.3, -0.25) is 4.79 Å². The van der Waals surface area contributed by atoms with Crippen molar-refractivity contribution >= 4 is 5.91 Å². The van der Waals surface area contributed by atoms with Crippen molar-refractivity contribution in [2.75, 3.05) is 13.7 Å². The number of aliphatic hydroxyl groups is 1. The van der Waals surface area contributed by atoms with Gasteiger partial charge in [0.2, 0.25) is 0 Å². The second-order valence-electron chi connectivity index (χ2n) is 5.22. The molecule has 0 bridgehead atoms. The Labute approximate surface area is 129 Å². The Balaban J connectivity index is 2.04. The minimum atomic E-state index is -0.798. The lowest BCUT2D eigenvalue weighted by atomic mass is 10.1. The molecule has 0 saturated carbocycles. The van der Waals surface area contributed by atoms with Crippen LogP contribution < -0.4 is 10.1 Å². The first-order valence-corrected chi connectivity index (χ1v) is 7.10. The van der Waals surface area contributed by atoms with Gasteiger partial charge in [-0.2, -0.15) is 0 Å². The lowest BCUT2D eigenvalue weighted by molar-refractivity contribution is 0.0914. The molecular formula is C17H21NO4. The molecule has 1 aromatic carbocycles. The Morgan fingerprint density at radius 2 is 2.05 bits per heavy atom. The summed E-state index contributed by atoms with van der Waals surface area (Å²) in [5.74, 6) is 1.74. The van der Waals surface area contributed by atoms with Crippen molar-refractivity contribution in [2.24, 2.45) is 0 Å². The molecule has 1 aromatic heterocycles. The van der Waals surface area contributed by atoms with E-state index in [0.29, 0.717) is 22.6 Å². The van der Waals surface area contributed by atoms with Crippen molar-refractivity contribution in [1.29, 1.82) is 0 Å². The van der Waals surface area contributed by atoms with Crippen LogP contribution in [0, 0.1) is 20.8 Å². The van der Waals surface area contributed by atoms with Gasteiger partial charge in [-0.1, -0.05) is 12.1 Å². The Hall–Kier alpha value is -2.27. The van der Waals surface area contributed by atoms with Crippen LogP contribution in [0.15, 0.2) is 28.7 Å². The maximum absolute atomic E-state index is 12.3. The molecule has 0 spiro atoms. The number of furan rings is 1. The first kappa shape index (κ1) is 16.1. The lowest BCUT2D eigenvalue weighted by Gasteiger charge is -2.13. The predicted molar refractivity (Wildman–Crippen MR) is 83.2 cm³/mol. The summed E-state index contributed by atoms with van der Waals surface area (Å²) in [5, 5.41) is 12.9. The highest BCUT2D eigenvalue weighted by Gasteiger charge is 2.19. The van der Waals surface area contributed by atoms with Crippen molar-refractivity contribution in [3.63, 3.8) is 0 Å². The number of carbonyl (C=O) groups is 1. The van der Waals surface area contributed by atoms with Crippen LogP contribution in [0.3, 0.4) is 0 Å². The van der Waals surface area contributed by atoms with Crippen LogP contribution in [-0.2, 0) is 0 Å². The summed E-state index contributed by atoms with van der Waals surface area (Å²) in [4.78, 5) is 12.3. The SMILES string of the molecule is COc1cccc(C(O)CNC(=O)c2c(C)oc(C)c2C)c1. The quantitative estimate of drug-likeness (QED) is 0.891. The monoisotopic (exact) mass is 303 g/mol. The van der Waals surface area contributed by atoms with Crippen LogP contribution in [0.5, 0.6) is 5.75 Å². The fourth-order valence-electron chi connectivity index (χ4n) is 2.37. The second kappa shape index (κ2) is 6.66. The molecule has 0 aliphatic carbocycles. The van der Waals surface area contributed by atoms with Gasteiger partial charge >= 0.3 is 0 Å². The molecule has 0 fully saturated rings. The molecule has 22 heavy (non-hydrogen) atoms. The largest absolute Gasteiger partial charge is 0.497 e. The van der Waals surface area contributed by atoms with Crippen molar-refractivity contribution in [3.8, 4) is 5.75 Å². The molecule has 5 heteroatoms. The van der Waals surface area contributed by atoms with Crippen LogP contribution in [0.1, 0.15) is 39.1 Å². The zero-order chi connectivity index (χ0) is 16.3. The topological polar surface area (TPSA) is 71.7 Å². The molecule has 0 radical (unpaired) electrons. The first-order chi connectivity index (χ1) is 10.4. The lowest BCUT2D eigenvalue weighted by Crippen LogP contribution is -2.29. The van der Waals surface area contributed by atoms with Crippen LogP contribution in [0.25, 0.3) is 0 Å². The maximum atomic E-state index is 12.3. The zero-order valence-electron chi connectivity index (χ0n) is 13.3. The Morgan fingerprint density at radius 1 is 1.32 bits per heavy atom. The Bertz CT molecular complexity index is 675. The molecule has 2 rings (SSSR count). The second-order valence-corrected chi connectivity index (χ2v) is 5.22. The number of benzene rings is 1. The molecule has 5 nitrogen and oxygen atoms in total. The van der Waals surface area contributed by atoms with E-state index in [1.807, 2.05) is 13.8 Å². The summed E-state index contributed by atoms with van der Waals surface area (Å²) in [6.45, 7) is 5.55. The number of hydrogen-bond acceptors (Lipinski definition) is 4. The van der Waals surface area contributed by atoms with E-state index in [2.05, 4.69) is 5.32 Å². The summed E-state index contributed by atoms with van der Waals surface area (Å²) in [6.07, 6.45) is -0.798. The van der Waals surface area contributed by atoms with Crippen LogP contribution >= 0.6 is 0 Å². The molecule has 1 amide bonds. The van der Waals surface area contributed by atoms with Gasteiger partial charge in [0.1, 0.15) is 17.3 Å². The molecule has 2 aromatic rings. The van der Waals surface area contributed by atoms with Crippen LogP contribution in [0.4, 0.5) is 0 Å². The van der Waals surface area contributed by atoms with Gasteiger partial charge in [0.05, 0.1) is 18.8 Å². The molecule has 0 saturated heterocycles. The van der Waals surface area contributed by atoms with Gasteiger partial charge in [-0.25, -0.2) is 0 Å².